The van der Waals surface area contributed by atoms with Crippen molar-refractivity contribution in [3.05, 3.63) is 11.4 Å². The third kappa shape index (κ3) is 3.82. The summed E-state index contributed by atoms with van der Waals surface area (Å²) >= 11 is 0. The number of rotatable bonds is 7. The summed E-state index contributed by atoms with van der Waals surface area (Å²) in [6, 6.07) is -0.180. The first-order valence-corrected chi connectivity index (χ1v) is 8.82. The maximum atomic E-state index is 12.6. The summed E-state index contributed by atoms with van der Waals surface area (Å²) in [6.45, 7) is 7.51. The van der Waals surface area contributed by atoms with Gasteiger partial charge >= 0.3 is 0 Å². The molecule has 2 heterocycles. The van der Waals surface area contributed by atoms with Crippen LogP contribution in [0.2, 0.25) is 0 Å². The zero-order valence-electron chi connectivity index (χ0n) is 12.8. The van der Waals surface area contributed by atoms with Crippen molar-refractivity contribution in [1.29, 1.82) is 0 Å². The number of sulfonamides is 1. The van der Waals surface area contributed by atoms with E-state index in [0.29, 0.717) is 31.0 Å². The molecule has 21 heavy (non-hydrogen) atoms. The monoisotopic (exact) mass is 316 g/mol. The van der Waals surface area contributed by atoms with Gasteiger partial charge in [-0.25, -0.2) is 13.1 Å². The zero-order valence-corrected chi connectivity index (χ0v) is 13.6. The first-order valence-electron chi connectivity index (χ1n) is 7.34. The van der Waals surface area contributed by atoms with Crippen LogP contribution in [0.4, 0.5) is 0 Å². The molecule has 1 aliphatic rings. The molecule has 7 nitrogen and oxygen atoms in total. The average molecular weight is 316 g/mol. The maximum absolute atomic E-state index is 12.6. The van der Waals surface area contributed by atoms with Gasteiger partial charge in [-0.2, -0.15) is 5.10 Å². The van der Waals surface area contributed by atoms with Crippen LogP contribution in [0.3, 0.4) is 0 Å². The molecule has 120 valence electrons. The lowest BCUT2D eigenvalue weighted by Gasteiger charge is -2.16. The number of nitrogens with one attached hydrogen (secondary N) is 3. The summed E-state index contributed by atoms with van der Waals surface area (Å²) in [5, 5.41) is 10.1. The molecular weight excluding hydrogens is 292 g/mol. The molecule has 1 saturated heterocycles. The SMILES string of the molecule is CCCNCc1n[nH]c(C)c1S(=O)(=O)NC1CCOC1C. The number of aromatic amines is 1. The number of hydrogen-bond acceptors (Lipinski definition) is 5. The van der Waals surface area contributed by atoms with E-state index < -0.39 is 10.0 Å². The van der Waals surface area contributed by atoms with Crippen LogP contribution in [0, 0.1) is 6.92 Å². The minimum atomic E-state index is -3.60. The maximum Gasteiger partial charge on any atom is 0.244 e. The zero-order chi connectivity index (χ0) is 15.5. The Balaban J connectivity index is 2.16. The molecule has 0 aromatic carbocycles. The van der Waals surface area contributed by atoms with Crippen LogP contribution in [-0.4, -0.2) is 43.9 Å². The molecule has 0 bridgehead atoms. The number of aromatic nitrogens is 2. The van der Waals surface area contributed by atoms with E-state index in [1.54, 1.807) is 6.92 Å². The van der Waals surface area contributed by atoms with E-state index in [1.165, 1.54) is 0 Å². The normalized spacial score (nSPS) is 22.8. The van der Waals surface area contributed by atoms with Crippen LogP contribution < -0.4 is 10.0 Å². The molecule has 2 unspecified atom stereocenters. The molecule has 1 fully saturated rings. The predicted octanol–water partition coefficient (Wildman–Crippen LogP) is 0.673. The average Bonchev–Trinajstić information content (AvgIpc) is 2.97. The smallest absolute Gasteiger partial charge is 0.244 e. The van der Waals surface area contributed by atoms with Crippen molar-refractivity contribution in [3.63, 3.8) is 0 Å². The van der Waals surface area contributed by atoms with Gasteiger partial charge < -0.3 is 10.1 Å². The standard InChI is InChI=1S/C13H24N4O3S/c1-4-6-14-8-12-13(9(2)15-16-12)21(18,19)17-11-5-7-20-10(11)3/h10-11,14,17H,4-8H2,1-3H3,(H,15,16). The fourth-order valence-electron chi connectivity index (χ4n) is 2.47. The van der Waals surface area contributed by atoms with E-state index in [1.807, 2.05) is 6.92 Å². The van der Waals surface area contributed by atoms with Gasteiger partial charge in [0.25, 0.3) is 0 Å². The van der Waals surface area contributed by atoms with Crippen molar-refractivity contribution in [1.82, 2.24) is 20.2 Å². The Hall–Kier alpha value is -0.960. The molecule has 0 saturated carbocycles. The number of ether oxygens (including phenoxy) is 1. The lowest BCUT2D eigenvalue weighted by Crippen LogP contribution is -2.39. The molecular formula is C13H24N4O3S. The van der Waals surface area contributed by atoms with Gasteiger partial charge in [0.1, 0.15) is 4.90 Å². The molecule has 2 rings (SSSR count). The largest absolute Gasteiger partial charge is 0.377 e. The first-order chi connectivity index (χ1) is 9.95. The highest BCUT2D eigenvalue weighted by Gasteiger charge is 2.32. The van der Waals surface area contributed by atoms with Crippen LogP contribution in [0.15, 0.2) is 4.90 Å². The molecule has 0 radical (unpaired) electrons. The van der Waals surface area contributed by atoms with Gasteiger partial charge in [0.2, 0.25) is 10.0 Å². The molecule has 1 aromatic heterocycles. The van der Waals surface area contributed by atoms with Gasteiger partial charge in [0.05, 0.1) is 23.5 Å². The lowest BCUT2D eigenvalue weighted by molar-refractivity contribution is 0.117. The van der Waals surface area contributed by atoms with Crippen LogP contribution >= 0.6 is 0 Å². The highest BCUT2D eigenvalue weighted by Crippen LogP contribution is 2.21. The van der Waals surface area contributed by atoms with Crippen LogP contribution in [-0.2, 0) is 21.3 Å². The molecule has 0 spiro atoms. The van der Waals surface area contributed by atoms with Gasteiger partial charge in [-0.1, -0.05) is 6.92 Å². The van der Waals surface area contributed by atoms with Gasteiger partial charge in [-0.15, -0.1) is 0 Å². The fourth-order valence-corrected chi connectivity index (χ4v) is 4.18. The van der Waals surface area contributed by atoms with Crippen molar-refractivity contribution in [2.45, 2.75) is 57.2 Å². The molecule has 1 aliphatic heterocycles. The Kier molecular flexibility index (Phi) is 5.37. The highest BCUT2D eigenvalue weighted by molar-refractivity contribution is 7.89. The molecule has 3 N–H and O–H groups in total. The van der Waals surface area contributed by atoms with E-state index in [2.05, 4.69) is 27.2 Å². The molecule has 0 aliphatic carbocycles. The number of hydrogen-bond donors (Lipinski definition) is 3. The number of H-pyrrole nitrogens is 1. The number of aryl methyl sites for hydroxylation is 1. The second-order valence-corrected chi connectivity index (χ2v) is 7.04. The van der Waals surface area contributed by atoms with Crippen molar-refractivity contribution < 1.29 is 13.2 Å². The summed E-state index contributed by atoms with van der Waals surface area (Å²) in [7, 11) is -3.60. The third-order valence-electron chi connectivity index (χ3n) is 3.63. The Morgan fingerprint density at radius 1 is 1.48 bits per heavy atom. The summed E-state index contributed by atoms with van der Waals surface area (Å²) in [4.78, 5) is 0.255. The van der Waals surface area contributed by atoms with Gasteiger partial charge in [-0.3, -0.25) is 5.10 Å². The van der Waals surface area contributed by atoms with E-state index in [0.717, 1.165) is 13.0 Å². The minimum Gasteiger partial charge on any atom is -0.377 e. The molecule has 1 aromatic rings. The Morgan fingerprint density at radius 3 is 2.86 bits per heavy atom. The van der Waals surface area contributed by atoms with Crippen LogP contribution in [0.5, 0.6) is 0 Å². The van der Waals surface area contributed by atoms with Crippen LogP contribution in [0.25, 0.3) is 0 Å². The van der Waals surface area contributed by atoms with E-state index >= 15 is 0 Å². The second kappa shape index (κ2) is 6.87. The highest BCUT2D eigenvalue weighted by atomic mass is 32.2. The Morgan fingerprint density at radius 2 is 2.24 bits per heavy atom. The lowest BCUT2D eigenvalue weighted by atomic mass is 10.2. The quantitative estimate of drug-likeness (QED) is 0.643. The van der Waals surface area contributed by atoms with Crippen molar-refractivity contribution in [3.8, 4) is 0 Å². The first kappa shape index (κ1) is 16.4. The van der Waals surface area contributed by atoms with E-state index in [-0.39, 0.29) is 17.0 Å². The summed E-state index contributed by atoms with van der Waals surface area (Å²) < 4.78 is 33.4. The predicted molar refractivity (Wildman–Crippen MR) is 79.5 cm³/mol. The molecule has 8 heteroatoms. The van der Waals surface area contributed by atoms with Gasteiger partial charge in [-0.05, 0) is 33.2 Å². The Bertz CT molecular complexity index is 570. The van der Waals surface area contributed by atoms with E-state index in [9.17, 15) is 8.42 Å². The van der Waals surface area contributed by atoms with Crippen molar-refractivity contribution >= 4 is 10.0 Å². The molecule has 0 amide bonds. The minimum absolute atomic E-state index is 0.103. The fraction of sp³-hybridized carbons (Fsp3) is 0.769. The van der Waals surface area contributed by atoms with E-state index in [4.69, 9.17) is 4.74 Å². The summed E-state index contributed by atoms with van der Waals surface area (Å²) in [5.74, 6) is 0. The van der Waals surface area contributed by atoms with Crippen molar-refractivity contribution in [2.24, 2.45) is 0 Å². The van der Waals surface area contributed by atoms with Crippen LogP contribution in [0.1, 0.15) is 38.1 Å². The summed E-state index contributed by atoms with van der Waals surface area (Å²) in [5.41, 5.74) is 1.09. The topological polar surface area (TPSA) is 96.1 Å². The van der Waals surface area contributed by atoms with Gasteiger partial charge in [0, 0.05) is 13.2 Å². The Labute approximate surface area is 125 Å². The summed E-state index contributed by atoms with van der Waals surface area (Å²) in [6.07, 6.45) is 1.58. The second-order valence-electron chi connectivity index (χ2n) is 5.39. The third-order valence-corrected chi connectivity index (χ3v) is 5.32. The van der Waals surface area contributed by atoms with Gasteiger partial charge in [0.15, 0.2) is 0 Å². The van der Waals surface area contributed by atoms with Crippen molar-refractivity contribution in [2.75, 3.05) is 13.2 Å². The number of nitrogens with zero attached hydrogens (tertiary/aromatic N) is 1. The molecule has 2 atom stereocenters.